The first-order valence-electron chi connectivity index (χ1n) is 7.48. The van der Waals surface area contributed by atoms with Gasteiger partial charge in [-0.1, -0.05) is 6.42 Å². The Kier molecular flexibility index (Phi) is 3.29. The summed E-state index contributed by atoms with van der Waals surface area (Å²) in [6, 6.07) is 0.388. The van der Waals surface area contributed by atoms with E-state index < -0.39 is 0 Å². The van der Waals surface area contributed by atoms with Crippen molar-refractivity contribution >= 4 is 0 Å². The highest BCUT2D eigenvalue weighted by atomic mass is 16.5. The molecule has 0 saturated heterocycles. The molecule has 4 atom stereocenters. The summed E-state index contributed by atoms with van der Waals surface area (Å²) >= 11 is 0. The van der Waals surface area contributed by atoms with Gasteiger partial charge in [0.25, 0.3) is 0 Å². The first-order chi connectivity index (χ1) is 9.11. The van der Waals surface area contributed by atoms with Crippen LogP contribution in [0.1, 0.15) is 57.3 Å². The number of hydrogen-bond acceptors (Lipinski definition) is 3. The Morgan fingerprint density at radius 1 is 1.37 bits per heavy atom. The highest BCUT2D eigenvalue weighted by Crippen LogP contribution is 2.52. The summed E-state index contributed by atoms with van der Waals surface area (Å²) < 4.78 is 7.51. The third-order valence-corrected chi connectivity index (χ3v) is 5.08. The zero-order chi connectivity index (χ0) is 13.6. The van der Waals surface area contributed by atoms with E-state index in [1.54, 1.807) is 7.11 Å². The molecule has 1 aromatic rings. The second-order valence-corrected chi connectivity index (χ2v) is 6.50. The van der Waals surface area contributed by atoms with Crippen LogP contribution in [0, 0.1) is 17.8 Å². The smallest absolute Gasteiger partial charge is 0.161 e. The lowest BCUT2D eigenvalue weighted by molar-refractivity contribution is 0.266. The average Bonchev–Trinajstić information content (AvgIpc) is 3.11. The average molecular weight is 263 g/mol. The van der Waals surface area contributed by atoms with Crippen LogP contribution in [-0.2, 0) is 0 Å². The summed E-state index contributed by atoms with van der Waals surface area (Å²) in [6.07, 6.45) is 7.26. The van der Waals surface area contributed by atoms with E-state index in [4.69, 9.17) is 10.5 Å². The molecule has 4 nitrogen and oxygen atoms in total. The molecule has 19 heavy (non-hydrogen) atoms. The molecule has 0 radical (unpaired) electrons. The topological polar surface area (TPSA) is 53.1 Å². The molecule has 0 spiro atoms. The SMILES string of the molecule is COc1cnn(C(C)C)c1C(N)C1CC2CCC1C2. The molecule has 2 bridgehead atoms. The Balaban J connectivity index is 1.90. The lowest BCUT2D eigenvalue weighted by atomic mass is 9.82. The zero-order valence-corrected chi connectivity index (χ0v) is 12.2. The van der Waals surface area contributed by atoms with Crippen LogP contribution in [0.4, 0.5) is 0 Å². The molecule has 3 rings (SSSR count). The summed E-state index contributed by atoms with van der Waals surface area (Å²) in [5.74, 6) is 3.20. The predicted molar refractivity (Wildman–Crippen MR) is 75.0 cm³/mol. The molecule has 1 heterocycles. The van der Waals surface area contributed by atoms with Crippen molar-refractivity contribution in [2.24, 2.45) is 23.5 Å². The van der Waals surface area contributed by atoms with E-state index in [0.717, 1.165) is 23.3 Å². The molecule has 4 heteroatoms. The van der Waals surface area contributed by atoms with Gasteiger partial charge in [0.2, 0.25) is 0 Å². The molecule has 2 aliphatic carbocycles. The van der Waals surface area contributed by atoms with E-state index >= 15 is 0 Å². The number of nitrogens with zero attached hydrogens (tertiary/aromatic N) is 2. The molecule has 2 aliphatic rings. The van der Waals surface area contributed by atoms with E-state index in [-0.39, 0.29) is 6.04 Å². The van der Waals surface area contributed by atoms with E-state index in [1.165, 1.54) is 25.7 Å². The van der Waals surface area contributed by atoms with Gasteiger partial charge in [-0.2, -0.15) is 5.10 Å². The van der Waals surface area contributed by atoms with Crippen molar-refractivity contribution in [1.82, 2.24) is 9.78 Å². The highest BCUT2D eigenvalue weighted by molar-refractivity contribution is 5.29. The highest BCUT2D eigenvalue weighted by Gasteiger charge is 2.44. The fourth-order valence-electron chi connectivity index (χ4n) is 4.18. The van der Waals surface area contributed by atoms with Gasteiger partial charge in [0.1, 0.15) is 0 Å². The second-order valence-electron chi connectivity index (χ2n) is 6.50. The molecular formula is C15H25N3O. The van der Waals surface area contributed by atoms with Crippen LogP contribution < -0.4 is 10.5 Å². The van der Waals surface area contributed by atoms with Crippen molar-refractivity contribution in [3.8, 4) is 5.75 Å². The van der Waals surface area contributed by atoms with Crippen molar-refractivity contribution < 1.29 is 4.74 Å². The fourth-order valence-corrected chi connectivity index (χ4v) is 4.18. The van der Waals surface area contributed by atoms with Gasteiger partial charge in [0.15, 0.2) is 5.75 Å². The van der Waals surface area contributed by atoms with Crippen molar-refractivity contribution in [3.05, 3.63) is 11.9 Å². The molecule has 0 amide bonds. The Morgan fingerprint density at radius 3 is 2.68 bits per heavy atom. The summed E-state index contributed by atoms with van der Waals surface area (Å²) in [4.78, 5) is 0. The number of methoxy groups -OCH3 is 1. The van der Waals surface area contributed by atoms with Gasteiger partial charge in [-0.25, -0.2) is 0 Å². The Hall–Kier alpha value is -1.03. The molecule has 106 valence electrons. The van der Waals surface area contributed by atoms with Gasteiger partial charge in [-0.15, -0.1) is 0 Å². The van der Waals surface area contributed by atoms with Crippen molar-refractivity contribution in [3.63, 3.8) is 0 Å². The zero-order valence-electron chi connectivity index (χ0n) is 12.2. The molecular weight excluding hydrogens is 238 g/mol. The van der Waals surface area contributed by atoms with Crippen molar-refractivity contribution in [1.29, 1.82) is 0 Å². The van der Waals surface area contributed by atoms with Gasteiger partial charge < -0.3 is 10.5 Å². The number of aromatic nitrogens is 2. The van der Waals surface area contributed by atoms with Crippen LogP contribution in [0.2, 0.25) is 0 Å². The lowest BCUT2D eigenvalue weighted by Gasteiger charge is -2.29. The molecule has 4 unspecified atom stereocenters. The minimum atomic E-state index is 0.0650. The lowest BCUT2D eigenvalue weighted by Crippen LogP contribution is -2.29. The molecule has 2 saturated carbocycles. The Morgan fingerprint density at radius 2 is 2.16 bits per heavy atom. The number of rotatable bonds is 4. The van der Waals surface area contributed by atoms with Crippen LogP contribution in [0.5, 0.6) is 5.75 Å². The maximum Gasteiger partial charge on any atom is 0.161 e. The van der Waals surface area contributed by atoms with Crippen LogP contribution >= 0.6 is 0 Å². The summed E-state index contributed by atoms with van der Waals surface area (Å²) in [5, 5.41) is 4.45. The quantitative estimate of drug-likeness (QED) is 0.908. The first kappa shape index (κ1) is 13.0. The van der Waals surface area contributed by atoms with E-state index in [2.05, 4.69) is 18.9 Å². The number of fused-ring (bicyclic) bond motifs is 2. The largest absolute Gasteiger partial charge is 0.493 e. The third kappa shape index (κ3) is 2.06. The van der Waals surface area contributed by atoms with Crippen LogP contribution in [-0.4, -0.2) is 16.9 Å². The first-order valence-corrected chi connectivity index (χ1v) is 7.48. The predicted octanol–water partition coefficient (Wildman–Crippen LogP) is 2.91. The van der Waals surface area contributed by atoms with E-state index in [9.17, 15) is 0 Å². The van der Waals surface area contributed by atoms with E-state index in [0.29, 0.717) is 12.0 Å². The standard InChI is InChI=1S/C15H25N3O/c1-9(2)18-15(13(19-3)8-17-18)14(16)12-7-10-4-5-11(12)6-10/h8-12,14H,4-7,16H2,1-3H3. The minimum Gasteiger partial charge on any atom is -0.493 e. The Labute approximate surface area is 115 Å². The maximum absolute atomic E-state index is 6.61. The second kappa shape index (κ2) is 4.82. The third-order valence-electron chi connectivity index (χ3n) is 5.08. The number of hydrogen-bond donors (Lipinski definition) is 1. The van der Waals surface area contributed by atoms with Crippen molar-refractivity contribution in [2.45, 2.75) is 51.6 Å². The molecule has 0 aromatic carbocycles. The molecule has 2 fully saturated rings. The van der Waals surface area contributed by atoms with Crippen LogP contribution in [0.25, 0.3) is 0 Å². The summed E-state index contributed by atoms with van der Waals surface area (Å²) in [6.45, 7) is 4.28. The minimum absolute atomic E-state index is 0.0650. The summed E-state index contributed by atoms with van der Waals surface area (Å²) in [7, 11) is 1.71. The van der Waals surface area contributed by atoms with Gasteiger partial charge in [0.05, 0.1) is 25.0 Å². The molecule has 1 aromatic heterocycles. The van der Waals surface area contributed by atoms with Gasteiger partial charge >= 0.3 is 0 Å². The molecule has 2 N–H and O–H groups in total. The normalized spacial score (nSPS) is 31.1. The van der Waals surface area contributed by atoms with Gasteiger partial charge in [0, 0.05) is 6.04 Å². The Bertz CT molecular complexity index is 454. The maximum atomic E-state index is 6.61. The van der Waals surface area contributed by atoms with Crippen LogP contribution in [0.3, 0.4) is 0 Å². The van der Waals surface area contributed by atoms with Gasteiger partial charge in [-0.05, 0) is 50.9 Å². The van der Waals surface area contributed by atoms with Gasteiger partial charge in [-0.3, -0.25) is 4.68 Å². The number of nitrogens with two attached hydrogens (primary N) is 1. The fraction of sp³-hybridized carbons (Fsp3) is 0.800. The monoisotopic (exact) mass is 263 g/mol. The van der Waals surface area contributed by atoms with Crippen molar-refractivity contribution in [2.75, 3.05) is 7.11 Å². The molecule has 0 aliphatic heterocycles. The van der Waals surface area contributed by atoms with E-state index in [1.807, 2.05) is 10.9 Å². The number of ether oxygens (including phenoxy) is 1. The van der Waals surface area contributed by atoms with Crippen LogP contribution in [0.15, 0.2) is 6.20 Å². The summed E-state index contributed by atoms with van der Waals surface area (Å²) in [5.41, 5.74) is 7.70.